The van der Waals surface area contributed by atoms with E-state index in [0.717, 1.165) is 23.6 Å². The van der Waals surface area contributed by atoms with Gasteiger partial charge in [-0.15, -0.1) is 0 Å². The smallest absolute Gasteiger partial charge is 0.322 e. The highest BCUT2D eigenvalue weighted by atomic mass is 16.5. The number of pyridine rings is 1. The minimum Gasteiger partial charge on any atom is -0.494 e. The first-order chi connectivity index (χ1) is 13.7. The van der Waals surface area contributed by atoms with Crippen molar-refractivity contribution in [3.05, 3.63) is 90.3 Å². The standard InChI is InChI=1S/C23H25N3O2/c1-2-28-22-13-11-20(12-14-22)25-23(27)26(18-21-10-6-7-16-24-21)17-15-19-8-4-3-5-9-19/h3-14,16H,2,15,17-18H2,1H3,(H,25,27). The van der Waals surface area contributed by atoms with Crippen LogP contribution < -0.4 is 10.1 Å². The molecule has 0 saturated carbocycles. The van der Waals surface area contributed by atoms with Gasteiger partial charge in [-0.3, -0.25) is 4.98 Å². The lowest BCUT2D eigenvalue weighted by atomic mass is 10.1. The Morgan fingerprint density at radius 2 is 1.75 bits per heavy atom. The molecule has 28 heavy (non-hydrogen) atoms. The summed E-state index contributed by atoms with van der Waals surface area (Å²) in [5, 5.41) is 2.97. The predicted octanol–water partition coefficient (Wildman–Crippen LogP) is 4.76. The van der Waals surface area contributed by atoms with Gasteiger partial charge < -0.3 is 15.0 Å². The number of carbonyl (C=O) groups is 1. The Kier molecular flexibility index (Phi) is 7.01. The molecule has 1 N–H and O–H groups in total. The van der Waals surface area contributed by atoms with Crippen LogP contribution in [0.15, 0.2) is 79.0 Å². The van der Waals surface area contributed by atoms with E-state index in [1.807, 2.05) is 67.6 Å². The number of nitrogens with one attached hydrogen (secondary N) is 1. The van der Waals surface area contributed by atoms with E-state index in [2.05, 4.69) is 22.4 Å². The normalized spacial score (nSPS) is 10.3. The number of urea groups is 1. The Hall–Kier alpha value is -3.34. The summed E-state index contributed by atoms with van der Waals surface area (Å²) in [5.41, 5.74) is 2.79. The molecule has 0 fully saturated rings. The average Bonchev–Trinajstić information content (AvgIpc) is 2.74. The second kappa shape index (κ2) is 10.1. The number of benzene rings is 2. The van der Waals surface area contributed by atoms with Crippen molar-refractivity contribution < 1.29 is 9.53 Å². The summed E-state index contributed by atoms with van der Waals surface area (Å²) >= 11 is 0. The van der Waals surface area contributed by atoms with Gasteiger partial charge in [-0.05, 0) is 55.3 Å². The summed E-state index contributed by atoms with van der Waals surface area (Å²) in [6, 6.07) is 23.2. The van der Waals surface area contributed by atoms with Crippen molar-refractivity contribution in [2.75, 3.05) is 18.5 Å². The van der Waals surface area contributed by atoms with E-state index in [9.17, 15) is 4.79 Å². The number of carbonyl (C=O) groups excluding carboxylic acids is 1. The topological polar surface area (TPSA) is 54.5 Å². The number of rotatable bonds is 8. The van der Waals surface area contributed by atoms with Gasteiger partial charge in [0.25, 0.3) is 0 Å². The Balaban J connectivity index is 1.68. The van der Waals surface area contributed by atoms with Gasteiger partial charge >= 0.3 is 6.03 Å². The highest BCUT2D eigenvalue weighted by Gasteiger charge is 2.15. The molecular weight excluding hydrogens is 350 g/mol. The molecule has 0 aliphatic heterocycles. The molecular formula is C23H25N3O2. The molecule has 0 aliphatic rings. The number of anilines is 1. The van der Waals surface area contributed by atoms with E-state index in [1.165, 1.54) is 5.56 Å². The third-order valence-electron chi connectivity index (χ3n) is 4.30. The molecule has 5 heteroatoms. The van der Waals surface area contributed by atoms with Crippen molar-refractivity contribution in [2.24, 2.45) is 0 Å². The summed E-state index contributed by atoms with van der Waals surface area (Å²) in [7, 11) is 0. The van der Waals surface area contributed by atoms with E-state index in [0.29, 0.717) is 19.7 Å². The van der Waals surface area contributed by atoms with Crippen LogP contribution in [0.1, 0.15) is 18.2 Å². The highest BCUT2D eigenvalue weighted by molar-refractivity contribution is 5.89. The Labute approximate surface area is 166 Å². The van der Waals surface area contributed by atoms with Gasteiger partial charge in [0.05, 0.1) is 18.8 Å². The Bertz CT molecular complexity index is 852. The summed E-state index contributed by atoms with van der Waals surface area (Å²) < 4.78 is 5.45. The van der Waals surface area contributed by atoms with Crippen molar-refractivity contribution in [1.29, 1.82) is 0 Å². The van der Waals surface area contributed by atoms with Crippen LogP contribution in [0, 0.1) is 0 Å². The fourth-order valence-electron chi connectivity index (χ4n) is 2.85. The zero-order valence-corrected chi connectivity index (χ0v) is 16.0. The quantitative estimate of drug-likeness (QED) is 0.618. The first kappa shape index (κ1) is 19.4. The Morgan fingerprint density at radius 1 is 1.00 bits per heavy atom. The maximum Gasteiger partial charge on any atom is 0.322 e. The molecule has 1 heterocycles. The highest BCUT2D eigenvalue weighted by Crippen LogP contribution is 2.16. The summed E-state index contributed by atoms with van der Waals surface area (Å²) in [6.07, 6.45) is 2.53. The SMILES string of the molecule is CCOc1ccc(NC(=O)N(CCc2ccccc2)Cc2ccccn2)cc1. The van der Waals surface area contributed by atoms with Crippen molar-refractivity contribution >= 4 is 11.7 Å². The van der Waals surface area contributed by atoms with Gasteiger partial charge in [0.15, 0.2) is 0 Å². The van der Waals surface area contributed by atoms with Gasteiger partial charge in [-0.2, -0.15) is 0 Å². The number of ether oxygens (including phenoxy) is 1. The van der Waals surface area contributed by atoms with Crippen LogP contribution in [0.4, 0.5) is 10.5 Å². The first-order valence-electron chi connectivity index (χ1n) is 9.47. The lowest BCUT2D eigenvalue weighted by molar-refractivity contribution is 0.209. The molecule has 0 saturated heterocycles. The van der Waals surface area contributed by atoms with Crippen LogP contribution in [0.5, 0.6) is 5.75 Å². The van der Waals surface area contributed by atoms with Crippen LogP contribution in [0.3, 0.4) is 0 Å². The predicted molar refractivity (Wildman–Crippen MR) is 111 cm³/mol. The maximum atomic E-state index is 12.9. The van der Waals surface area contributed by atoms with Crippen molar-refractivity contribution in [2.45, 2.75) is 19.9 Å². The summed E-state index contributed by atoms with van der Waals surface area (Å²) in [4.78, 5) is 19.0. The molecule has 3 aromatic rings. The van der Waals surface area contributed by atoms with Crippen molar-refractivity contribution in [1.82, 2.24) is 9.88 Å². The maximum absolute atomic E-state index is 12.9. The second-order valence-corrected chi connectivity index (χ2v) is 6.37. The van der Waals surface area contributed by atoms with Gasteiger partial charge in [0, 0.05) is 18.4 Å². The van der Waals surface area contributed by atoms with E-state index in [1.54, 1.807) is 11.1 Å². The number of hydrogen-bond acceptors (Lipinski definition) is 3. The van der Waals surface area contributed by atoms with Crippen molar-refractivity contribution in [3.63, 3.8) is 0 Å². The van der Waals surface area contributed by atoms with Gasteiger partial charge in [0.1, 0.15) is 5.75 Å². The lowest BCUT2D eigenvalue weighted by Crippen LogP contribution is -2.36. The minimum atomic E-state index is -0.147. The first-order valence-corrected chi connectivity index (χ1v) is 9.47. The monoisotopic (exact) mass is 375 g/mol. The second-order valence-electron chi connectivity index (χ2n) is 6.37. The molecule has 0 aliphatic carbocycles. The zero-order chi connectivity index (χ0) is 19.6. The van der Waals surface area contributed by atoms with Gasteiger partial charge in [0.2, 0.25) is 0 Å². The molecule has 0 unspecified atom stereocenters. The number of aromatic nitrogens is 1. The van der Waals surface area contributed by atoms with Gasteiger partial charge in [-0.25, -0.2) is 4.79 Å². The Morgan fingerprint density at radius 3 is 2.43 bits per heavy atom. The molecule has 1 aromatic heterocycles. The van der Waals surface area contributed by atoms with E-state index >= 15 is 0 Å². The third kappa shape index (κ3) is 5.84. The van der Waals surface area contributed by atoms with Crippen LogP contribution in [0.25, 0.3) is 0 Å². The van der Waals surface area contributed by atoms with E-state index < -0.39 is 0 Å². The molecule has 2 aromatic carbocycles. The third-order valence-corrected chi connectivity index (χ3v) is 4.30. The van der Waals surface area contributed by atoms with Crippen LogP contribution in [0.2, 0.25) is 0 Å². The molecule has 144 valence electrons. The molecule has 0 bridgehead atoms. The fraction of sp³-hybridized carbons (Fsp3) is 0.217. The molecule has 0 spiro atoms. The largest absolute Gasteiger partial charge is 0.494 e. The van der Waals surface area contributed by atoms with E-state index in [4.69, 9.17) is 4.74 Å². The van der Waals surface area contributed by atoms with Crippen molar-refractivity contribution in [3.8, 4) is 5.75 Å². The number of hydrogen-bond donors (Lipinski definition) is 1. The molecule has 0 radical (unpaired) electrons. The number of nitrogens with zero attached hydrogens (tertiary/aromatic N) is 2. The zero-order valence-electron chi connectivity index (χ0n) is 16.0. The van der Waals surface area contributed by atoms with Crippen LogP contribution in [-0.4, -0.2) is 29.1 Å². The van der Waals surface area contributed by atoms with E-state index in [-0.39, 0.29) is 6.03 Å². The fourth-order valence-corrected chi connectivity index (χ4v) is 2.85. The van der Waals surface area contributed by atoms with Crippen LogP contribution in [-0.2, 0) is 13.0 Å². The summed E-state index contributed by atoms with van der Waals surface area (Å²) in [5.74, 6) is 0.787. The van der Waals surface area contributed by atoms with Crippen LogP contribution >= 0.6 is 0 Å². The minimum absolute atomic E-state index is 0.147. The average molecular weight is 375 g/mol. The molecule has 3 rings (SSSR count). The lowest BCUT2D eigenvalue weighted by Gasteiger charge is -2.23. The molecule has 5 nitrogen and oxygen atoms in total. The number of amides is 2. The van der Waals surface area contributed by atoms with Gasteiger partial charge in [-0.1, -0.05) is 36.4 Å². The summed E-state index contributed by atoms with van der Waals surface area (Å²) in [6.45, 7) is 3.61. The molecule has 0 atom stereocenters. The molecule has 2 amide bonds.